The van der Waals surface area contributed by atoms with E-state index in [1.54, 1.807) is 24.3 Å². The van der Waals surface area contributed by atoms with Crippen molar-refractivity contribution in [1.82, 2.24) is 34.8 Å². The third-order valence-electron chi connectivity index (χ3n) is 8.85. The average Bonchev–Trinajstić information content (AvgIpc) is 3.47. The number of hydrogen-bond acceptors (Lipinski definition) is 8. The van der Waals surface area contributed by atoms with Crippen LogP contribution in [0.15, 0.2) is 42.7 Å². The molecule has 2 aliphatic rings. The van der Waals surface area contributed by atoms with E-state index in [4.69, 9.17) is 4.74 Å². The number of nitrogens with one attached hydrogen (secondary N) is 1. The second-order valence-corrected chi connectivity index (χ2v) is 12.8. The number of pyridine rings is 1. The van der Waals surface area contributed by atoms with E-state index in [2.05, 4.69) is 10.3 Å². The Hall–Kier alpha value is -4.59. The van der Waals surface area contributed by atoms with Crippen molar-refractivity contribution in [2.75, 3.05) is 68.0 Å². The van der Waals surface area contributed by atoms with E-state index in [0.717, 1.165) is 11.6 Å². The third-order valence-corrected chi connectivity index (χ3v) is 8.85. The molecule has 13 nitrogen and oxygen atoms in total. The maximum absolute atomic E-state index is 14.5. The molecule has 48 heavy (non-hydrogen) atoms. The molecule has 0 radical (unpaired) electrons. The fourth-order valence-corrected chi connectivity index (χ4v) is 5.93. The Bertz CT molecular complexity index is 1480. The Labute approximate surface area is 281 Å². The number of halogens is 1. The molecule has 1 aromatic heterocycles. The first kappa shape index (κ1) is 36.2. The molecule has 0 unspecified atom stereocenters. The van der Waals surface area contributed by atoms with Crippen LogP contribution in [0, 0.1) is 5.82 Å². The van der Waals surface area contributed by atoms with Gasteiger partial charge in [0.1, 0.15) is 24.2 Å². The number of amides is 5. The van der Waals surface area contributed by atoms with Gasteiger partial charge in [0, 0.05) is 72.1 Å². The molecule has 0 aliphatic carbocycles. The maximum atomic E-state index is 14.5. The summed E-state index contributed by atoms with van der Waals surface area (Å²) >= 11 is 0. The van der Waals surface area contributed by atoms with Gasteiger partial charge in [0.2, 0.25) is 23.6 Å². The lowest BCUT2D eigenvalue weighted by atomic mass is 10.1. The highest BCUT2D eigenvalue weighted by Crippen LogP contribution is 2.26. The fourth-order valence-electron chi connectivity index (χ4n) is 5.93. The van der Waals surface area contributed by atoms with E-state index in [9.17, 15) is 28.4 Å². The van der Waals surface area contributed by atoms with Crippen LogP contribution in [0.4, 0.5) is 4.39 Å². The molecule has 260 valence electrons. The zero-order chi connectivity index (χ0) is 35.0. The topological polar surface area (TPSA) is 136 Å². The number of carbonyl (C=O) groups is 5. The normalized spacial score (nSPS) is 20.9. The molecule has 3 atom stereocenters. The first-order valence-electron chi connectivity index (χ1n) is 16.1. The number of fused-ring (bicyclic) bond motifs is 2. The number of ether oxygens (including phenoxy) is 1. The Morgan fingerprint density at radius 3 is 2.48 bits per heavy atom. The highest BCUT2D eigenvalue weighted by atomic mass is 19.1. The lowest BCUT2D eigenvalue weighted by molar-refractivity contribution is -0.141. The highest BCUT2D eigenvalue weighted by Gasteiger charge is 2.38. The lowest BCUT2D eigenvalue weighted by Crippen LogP contribution is -2.50. The second-order valence-electron chi connectivity index (χ2n) is 12.8. The minimum Gasteiger partial charge on any atom is -0.491 e. The summed E-state index contributed by atoms with van der Waals surface area (Å²) in [6.45, 7) is 0.939. The molecule has 0 saturated carbocycles. The number of carbonyl (C=O) groups excluding carboxylic acids is 5. The van der Waals surface area contributed by atoms with Gasteiger partial charge in [0.15, 0.2) is 0 Å². The molecule has 5 amide bonds. The van der Waals surface area contributed by atoms with Crippen molar-refractivity contribution in [2.45, 2.75) is 50.2 Å². The van der Waals surface area contributed by atoms with Gasteiger partial charge in [0.05, 0.1) is 18.2 Å². The Morgan fingerprint density at radius 2 is 1.77 bits per heavy atom. The van der Waals surface area contributed by atoms with E-state index in [1.165, 1.54) is 40.9 Å². The van der Waals surface area contributed by atoms with Gasteiger partial charge in [-0.05, 0) is 69.3 Å². The van der Waals surface area contributed by atoms with Crippen LogP contribution in [0.3, 0.4) is 0 Å². The van der Waals surface area contributed by atoms with E-state index < -0.39 is 23.8 Å². The molecular weight excluding hydrogens is 621 g/mol. The lowest BCUT2D eigenvalue weighted by Gasteiger charge is -2.32. The van der Waals surface area contributed by atoms with Crippen molar-refractivity contribution in [3.63, 3.8) is 0 Å². The summed E-state index contributed by atoms with van der Waals surface area (Å²) in [5.41, 5.74) is 0.902. The van der Waals surface area contributed by atoms with Gasteiger partial charge in [-0.15, -0.1) is 0 Å². The van der Waals surface area contributed by atoms with Crippen molar-refractivity contribution in [3.05, 3.63) is 59.7 Å². The summed E-state index contributed by atoms with van der Waals surface area (Å²) in [5, 5.41) is 3.02. The molecule has 1 fully saturated rings. The summed E-state index contributed by atoms with van der Waals surface area (Å²) in [5.74, 6) is -2.42. The average molecular weight is 668 g/mol. The molecule has 14 heteroatoms. The van der Waals surface area contributed by atoms with Crippen LogP contribution in [-0.2, 0) is 25.6 Å². The van der Waals surface area contributed by atoms with Crippen molar-refractivity contribution in [1.29, 1.82) is 0 Å². The van der Waals surface area contributed by atoms with Gasteiger partial charge < -0.3 is 34.6 Å². The number of likely N-dealkylation sites (N-methyl/N-ethyl adjacent to an activating group) is 4. The van der Waals surface area contributed by atoms with Gasteiger partial charge in [-0.3, -0.25) is 29.0 Å². The maximum Gasteiger partial charge on any atom is 0.258 e. The summed E-state index contributed by atoms with van der Waals surface area (Å²) < 4.78 is 20.6. The van der Waals surface area contributed by atoms with E-state index in [-0.39, 0.29) is 79.9 Å². The van der Waals surface area contributed by atoms with Gasteiger partial charge >= 0.3 is 0 Å². The van der Waals surface area contributed by atoms with E-state index in [1.807, 2.05) is 31.1 Å². The minimum absolute atomic E-state index is 0.00378. The van der Waals surface area contributed by atoms with Crippen LogP contribution in [0.2, 0.25) is 0 Å². The Morgan fingerprint density at radius 1 is 1.04 bits per heavy atom. The van der Waals surface area contributed by atoms with Crippen LogP contribution >= 0.6 is 0 Å². The number of benzene rings is 1. The quantitative estimate of drug-likeness (QED) is 0.441. The third kappa shape index (κ3) is 9.49. The predicted molar refractivity (Wildman–Crippen MR) is 175 cm³/mol. The van der Waals surface area contributed by atoms with Crippen LogP contribution in [0.1, 0.15) is 41.6 Å². The van der Waals surface area contributed by atoms with E-state index >= 15 is 0 Å². The molecule has 0 spiro atoms. The number of aryl methyl sites for hydroxylation is 1. The molecule has 3 heterocycles. The number of hydrogen-bond donors (Lipinski definition) is 1. The fraction of sp³-hybridized carbons (Fsp3) is 0.529. The first-order valence-corrected chi connectivity index (χ1v) is 16.1. The molecule has 1 N–H and O–H groups in total. The van der Waals surface area contributed by atoms with Crippen molar-refractivity contribution in [2.24, 2.45) is 0 Å². The summed E-state index contributed by atoms with van der Waals surface area (Å²) in [6, 6.07) is 5.41. The van der Waals surface area contributed by atoms with Gasteiger partial charge in [-0.2, -0.15) is 0 Å². The van der Waals surface area contributed by atoms with Crippen LogP contribution < -0.4 is 10.1 Å². The van der Waals surface area contributed by atoms with E-state index in [0.29, 0.717) is 25.9 Å². The van der Waals surface area contributed by atoms with Crippen LogP contribution in [-0.4, -0.2) is 145 Å². The van der Waals surface area contributed by atoms with Gasteiger partial charge in [0.25, 0.3) is 5.91 Å². The minimum atomic E-state index is -1.02. The Balaban J connectivity index is 1.56. The Kier molecular flexibility index (Phi) is 12.5. The zero-order valence-corrected chi connectivity index (χ0v) is 28.4. The largest absolute Gasteiger partial charge is 0.491 e. The highest BCUT2D eigenvalue weighted by molar-refractivity contribution is 5.99. The molecule has 1 saturated heterocycles. The summed E-state index contributed by atoms with van der Waals surface area (Å²) in [7, 11) is 8.37. The number of aromatic nitrogens is 1. The molecule has 0 bridgehead atoms. The van der Waals surface area contributed by atoms with Crippen LogP contribution in [0.25, 0.3) is 0 Å². The number of rotatable bonds is 8. The smallest absolute Gasteiger partial charge is 0.258 e. The standard InChI is InChI=1S/C34H46FN7O6/c1-38(2)16-17-39(3)34(47)28-8-11-31(44)40(4)21-32(45)42-20-25(37-30(43)10-6-23-12-14-36-15-13-23)19-26(42)22-48-29-9-7-24(35)18-27(29)33(46)41(28)5/h7,9,12-15,18,25-26,28H,6,8,10-11,16-17,19-22H2,1-5H3,(H,37,43)/t25-,26+,28+/m1/s1. The second kappa shape index (κ2) is 16.5. The molecular formula is C34H46FN7O6. The SMILES string of the molecule is CN(C)CCN(C)C(=O)[C@@H]1CCC(=O)N(C)CC(=O)N2C[C@H](NC(=O)CCc3ccncc3)C[C@H]2COc2ccc(F)cc2C(=O)N1C. The molecule has 2 aromatic rings. The molecule has 1 aromatic carbocycles. The first-order chi connectivity index (χ1) is 22.8. The van der Waals surface area contributed by atoms with Crippen molar-refractivity contribution in [3.8, 4) is 5.75 Å². The summed E-state index contributed by atoms with van der Waals surface area (Å²) in [6.07, 6.45) is 4.41. The van der Waals surface area contributed by atoms with Gasteiger partial charge in [-0.1, -0.05) is 0 Å². The van der Waals surface area contributed by atoms with Crippen LogP contribution in [0.5, 0.6) is 5.75 Å². The van der Waals surface area contributed by atoms with Gasteiger partial charge in [-0.25, -0.2) is 4.39 Å². The summed E-state index contributed by atoms with van der Waals surface area (Å²) in [4.78, 5) is 78.7. The monoisotopic (exact) mass is 667 g/mol. The van der Waals surface area contributed by atoms with Crippen molar-refractivity contribution >= 4 is 29.5 Å². The molecule has 2 aliphatic heterocycles. The predicted octanol–water partition coefficient (Wildman–Crippen LogP) is 1.03. The number of nitrogens with zero attached hydrogens (tertiary/aromatic N) is 6. The van der Waals surface area contributed by atoms with Crippen molar-refractivity contribution < 1.29 is 33.1 Å². The molecule has 4 rings (SSSR count). The zero-order valence-electron chi connectivity index (χ0n) is 28.4.